The molecule has 0 radical (unpaired) electrons. The van der Waals surface area contributed by atoms with E-state index in [0.29, 0.717) is 48.9 Å². The molecule has 1 heterocycles. The number of hydrogen-bond donors (Lipinski definition) is 3. The van der Waals surface area contributed by atoms with Crippen LogP contribution in [0.15, 0.2) is 36.4 Å². The number of phenols is 1. The Kier molecular flexibility index (Phi) is 12.4. The van der Waals surface area contributed by atoms with Crippen molar-refractivity contribution in [1.82, 2.24) is 25.6 Å². The zero-order valence-corrected chi connectivity index (χ0v) is 23.3. The van der Waals surface area contributed by atoms with Crippen molar-refractivity contribution >= 4 is 17.5 Å². The molecule has 10 heteroatoms. The number of nitrogens with zero attached hydrogens (tertiary/aromatic N) is 3. The second-order valence-corrected chi connectivity index (χ2v) is 8.62. The first-order valence-corrected chi connectivity index (χ1v) is 13.2. The topological polar surface area (TPSA) is 128 Å². The summed E-state index contributed by atoms with van der Waals surface area (Å²) in [5.74, 6) is 0.411. The number of carbonyl (C=O) groups excluding carboxylic acids is 2. The van der Waals surface area contributed by atoms with Crippen molar-refractivity contribution in [3.05, 3.63) is 47.8 Å². The molecule has 3 N–H and O–H groups in total. The van der Waals surface area contributed by atoms with Crippen molar-refractivity contribution < 1.29 is 24.2 Å². The van der Waals surface area contributed by atoms with E-state index in [2.05, 4.69) is 20.9 Å². The monoisotopic (exact) mass is 527 g/mol. The van der Waals surface area contributed by atoms with Crippen LogP contribution in [0, 0.1) is 5.92 Å². The summed E-state index contributed by atoms with van der Waals surface area (Å²) >= 11 is 0. The summed E-state index contributed by atoms with van der Waals surface area (Å²) in [7, 11) is 1.52. The number of amides is 2. The molecule has 2 amide bonds. The lowest BCUT2D eigenvalue weighted by molar-refractivity contribution is -0.123. The van der Waals surface area contributed by atoms with Gasteiger partial charge in [0.2, 0.25) is 5.91 Å². The first-order valence-electron chi connectivity index (χ1n) is 13.2. The predicted octanol–water partition coefficient (Wildman–Crippen LogP) is 4.11. The molecular formula is C28H41N5O5. The van der Waals surface area contributed by atoms with Gasteiger partial charge in [0.15, 0.2) is 5.69 Å². The molecule has 10 nitrogen and oxygen atoms in total. The van der Waals surface area contributed by atoms with E-state index >= 15 is 0 Å². The maximum absolute atomic E-state index is 12.8. The second kappa shape index (κ2) is 15.4. The summed E-state index contributed by atoms with van der Waals surface area (Å²) in [4.78, 5) is 24.9. The van der Waals surface area contributed by atoms with E-state index in [4.69, 9.17) is 9.47 Å². The molecule has 208 valence electrons. The van der Waals surface area contributed by atoms with Gasteiger partial charge < -0.3 is 25.2 Å². The second-order valence-electron chi connectivity index (χ2n) is 8.62. The van der Waals surface area contributed by atoms with E-state index < -0.39 is 0 Å². The number of ether oxygens (including phenoxy) is 2. The van der Waals surface area contributed by atoms with Crippen LogP contribution in [0.1, 0.15) is 70.1 Å². The van der Waals surface area contributed by atoms with Gasteiger partial charge in [-0.1, -0.05) is 38.1 Å². The summed E-state index contributed by atoms with van der Waals surface area (Å²) in [5, 5.41) is 24.1. The number of rotatable bonds is 13. The average Bonchev–Trinajstić information content (AvgIpc) is 3.64. The molecular weight excluding hydrogens is 486 g/mol. The van der Waals surface area contributed by atoms with E-state index in [-0.39, 0.29) is 35.2 Å². The van der Waals surface area contributed by atoms with Gasteiger partial charge in [-0.25, -0.2) is 4.68 Å². The van der Waals surface area contributed by atoms with Crippen molar-refractivity contribution in [1.29, 1.82) is 0 Å². The fourth-order valence-corrected chi connectivity index (χ4v) is 3.53. The minimum atomic E-state index is -0.322. The van der Waals surface area contributed by atoms with E-state index in [9.17, 15) is 14.7 Å². The number of hydrogen-bond acceptors (Lipinski definition) is 7. The van der Waals surface area contributed by atoms with E-state index in [1.54, 1.807) is 16.8 Å². The van der Waals surface area contributed by atoms with Crippen LogP contribution in [0.4, 0.5) is 0 Å². The standard InChI is InChI=1S/C26H35N5O5.C2H6/c1-5-19(12-9-17(3)25(33)27-6-2)31-23(24(29-30-31)26(34)28-18-10-11-18)8-7-13-36-22-15-20(32)14-21(16-22)35-4;1-2/h5,9,12,14-18,32H,6-8,10-11,13H2,1-4H3,(H,27,33)(H,28,34);1-2H3/b12-9-,19-5+;. The quantitative estimate of drug-likeness (QED) is 0.264. The first kappa shape index (κ1) is 30.4. The Balaban J connectivity index is 0.00000247. The van der Waals surface area contributed by atoms with Crippen molar-refractivity contribution in [3.63, 3.8) is 0 Å². The van der Waals surface area contributed by atoms with E-state index in [1.807, 2.05) is 46.8 Å². The number of allylic oxidation sites excluding steroid dienone is 3. The minimum absolute atomic E-state index is 0.0528. The van der Waals surface area contributed by atoms with Crippen LogP contribution >= 0.6 is 0 Å². The van der Waals surface area contributed by atoms with Crippen LogP contribution in [0.25, 0.3) is 5.70 Å². The van der Waals surface area contributed by atoms with Gasteiger partial charge in [-0.05, 0) is 45.6 Å². The largest absolute Gasteiger partial charge is 0.508 e. The SMILES string of the molecule is C/C=C(\C=C/C(C)C(=O)NCC)n1nnc(C(=O)NC2CC2)c1CCCOc1cc(O)cc(OC)c1.CC. The molecule has 1 aliphatic carbocycles. The van der Waals surface area contributed by atoms with Crippen LogP contribution < -0.4 is 20.1 Å². The third kappa shape index (κ3) is 8.93. The fraction of sp³-hybridized carbons (Fsp3) is 0.500. The molecule has 1 aromatic heterocycles. The van der Waals surface area contributed by atoms with Gasteiger partial charge in [0.1, 0.15) is 17.2 Å². The Hall–Kier alpha value is -3.82. The van der Waals surface area contributed by atoms with Crippen molar-refractivity contribution in [2.75, 3.05) is 20.3 Å². The number of nitrogens with one attached hydrogen (secondary N) is 2. The Labute approximate surface area is 225 Å². The lowest BCUT2D eigenvalue weighted by Gasteiger charge is -2.11. The zero-order chi connectivity index (χ0) is 28.1. The highest BCUT2D eigenvalue weighted by molar-refractivity contribution is 5.94. The molecule has 38 heavy (non-hydrogen) atoms. The van der Waals surface area contributed by atoms with Crippen LogP contribution in [0.3, 0.4) is 0 Å². The number of methoxy groups -OCH3 is 1. The third-order valence-electron chi connectivity index (χ3n) is 5.68. The Morgan fingerprint density at radius 2 is 1.95 bits per heavy atom. The third-order valence-corrected chi connectivity index (χ3v) is 5.68. The first-order chi connectivity index (χ1) is 18.4. The normalized spacial score (nSPS) is 13.9. The van der Waals surface area contributed by atoms with Gasteiger partial charge in [-0.15, -0.1) is 5.10 Å². The summed E-state index contributed by atoms with van der Waals surface area (Å²) < 4.78 is 12.6. The molecule has 1 unspecified atom stereocenters. The molecule has 1 aromatic carbocycles. The maximum Gasteiger partial charge on any atom is 0.273 e. The molecule has 1 saturated carbocycles. The average molecular weight is 528 g/mol. The van der Waals surface area contributed by atoms with Crippen molar-refractivity contribution in [2.24, 2.45) is 5.92 Å². The number of aromatic hydroxyl groups is 1. The van der Waals surface area contributed by atoms with Gasteiger partial charge in [-0.3, -0.25) is 9.59 Å². The fourth-order valence-electron chi connectivity index (χ4n) is 3.53. The highest BCUT2D eigenvalue weighted by Gasteiger charge is 2.27. The summed E-state index contributed by atoms with van der Waals surface area (Å²) in [6, 6.07) is 4.90. The molecule has 1 fully saturated rings. The van der Waals surface area contributed by atoms with Crippen LogP contribution in [-0.2, 0) is 11.2 Å². The smallest absolute Gasteiger partial charge is 0.273 e. The number of carbonyl (C=O) groups is 2. The number of benzene rings is 1. The molecule has 0 saturated heterocycles. The molecule has 1 atom stereocenters. The zero-order valence-electron chi connectivity index (χ0n) is 23.3. The van der Waals surface area contributed by atoms with Gasteiger partial charge in [0, 0.05) is 30.8 Å². The van der Waals surface area contributed by atoms with Gasteiger partial charge in [0.25, 0.3) is 5.91 Å². The Morgan fingerprint density at radius 1 is 1.24 bits per heavy atom. The summed E-state index contributed by atoms with van der Waals surface area (Å²) in [5.41, 5.74) is 1.65. The van der Waals surface area contributed by atoms with E-state index in [0.717, 1.165) is 12.8 Å². The predicted molar refractivity (Wildman–Crippen MR) is 147 cm³/mol. The van der Waals surface area contributed by atoms with Gasteiger partial charge in [-0.2, -0.15) is 0 Å². The molecule has 0 bridgehead atoms. The molecule has 0 aliphatic heterocycles. The van der Waals surface area contributed by atoms with Crippen LogP contribution in [0.5, 0.6) is 17.2 Å². The maximum atomic E-state index is 12.8. The lowest BCUT2D eigenvalue weighted by atomic mass is 10.1. The lowest BCUT2D eigenvalue weighted by Crippen LogP contribution is -2.27. The minimum Gasteiger partial charge on any atom is -0.508 e. The number of phenolic OH excluding ortho intramolecular Hbond substituents is 1. The Morgan fingerprint density at radius 3 is 2.58 bits per heavy atom. The van der Waals surface area contributed by atoms with Crippen LogP contribution in [0.2, 0.25) is 0 Å². The van der Waals surface area contributed by atoms with Crippen molar-refractivity contribution in [3.8, 4) is 17.2 Å². The highest BCUT2D eigenvalue weighted by Crippen LogP contribution is 2.27. The van der Waals surface area contributed by atoms with Crippen molar-refractivity contribution in [2.45, 2.75) is 66.3 Å². The van der Waals surface area contributed by atoms with Crippen LogP contribution in [-0.4, -0.2) is 58.2 Å². The Bertz CT molecular complexity index is 1120. The molecule has 3 rings (SSSR count). The van der Waals surface area contributed by atoms with Gasteiger partial charge in [0.05, 0.1) is 31.0 Å². The molecule has 2 aromatic rings. The summed E-state index contributed by atoms with van der Waals surface area (Å²) in [6.45, 7) is 10.5. The highest BCUT2D eigenvalue weighted by atomic mass is 16.5. The molecule has 1 aliphatic rings. The summed E-state index contributed by atoms with van der Waals surface area (Å²) in [6.07, 6.45) is 8.47. The molecule has 0 spiro atoms. The van der Waals surface area contributed by atoms with E-state index in [1.165, 1.54) is 19.2 Å². The van der Waals surface area contributed by atoms with Gasteiger partial charge >= 0.3 is 0 Å². The number of aromatic nitrogens is 3.